The Morgan fingerprint density at radius 3 is 2.61 bits per heavy atom. The Morgan fingerprint density at radius 2 is 1.83 bits per heavy atom. The molecule has 0 bridgehead atoms. The molecule has 1 saturated heterocycles. The number of unbranched alkanes of at least 4 members (excludes halogenated alkanes) is 3. The Bertz CT molecular complexity index is 265. The molecule has 2 atom stereocenters. The van der Waals surface area contributed by atoms with Crippen molar-refractivity contribution in [1.29, 1.82) is 0 Å². The largest absolute Gasteiger partial charge is 0.369 e. The van der Waals surface area contributed by atoms with E-state index >= 15 is 0 Å². The van der Waals surface area contributed by atoms with Crippen molar-refractivity contribution >= 4 is 0 Å². The van der Waals surface area contributed by atoms with Crippen molar-refractivity contribution in [3.63, 3.8) is 0 Å². The molecule has 1 aliphatic heterocycles. The summed E-state index contributed by atoms with van der Waals surface area (Å²) in [4.78, 5) is 0. The molecule has 0 aromatic rings. The topological polar surface area (TPSA) is 12.5 Å². The summed E-state index contributed by atoms with van der Waals surface area (Å²) < 4.78 is 5.66. The number of ether oxygens (including phenoxy) is 1. The van der Waals surface area contributed by atoms with Gasteiger partial charge in [-0.05, 0) is 38.5 Å². The lowest BCUT2D eigenvalue weighted by molar-refractivity contribution is 0.359. The SMILES string of the molecule is C=CCCCCC[C@H]1O[C@H]1C/C=C\C/C=C\CC. The van der Waals surface area contributed by atoms with Crippen LogP contribution in [0.15, 0.2) is 37.0 Å². The fourth-order valence-corrected chi connectivity index (χ4v) is 2.12. The summed E-state index contributed by atoms with van der Waals surface area (Å²) in [5.41, 5.74) is 0. The molecule has 1 rings (SSSR count). The van der Waals surface area contributed by atoms with E-state index in [4.69, 9.17) is 4.74 Å². The summed E-state index contributed by atoms with van der Waals surface area (Å²) in [5, 5.41) is 0. The Kier molecular flexibility index (Phi) is 8.58. The van der Waals surface area contributed by atoms with E-state index in [1.807, 2.05) is 6.08 Å². The van der Waals surface area contributed by atoms with Gasteiger partial charge in [-0.2, -0.15) is 0 Å². The van der Waals surface area contributed by atoms with E-state index in [0.29, 0.717) is 12.2 Å². The van der Waals surface area contributed by atoms with Gasteiger partial charge in [0.25, 0.3) is 0 Å². The highest BCUT2D eigenvalue weighted by molar-refractivity contribution is 4.97. The highest BCUT2D eigenvalue weighted by Crippen LogP contribution is 2.30. The van der Waals surface area contributed by atoms with Gasteiger partial charge < -0.3 is 4.74 Å². The number of rotatable bonds is 11. The zero-order valence-electron chi connectivity index (χ0n) is 11.8. The van der Waals surface area contributed by atoms with Crippen molar-refractivity contribution in [2.24, 2.45) is 0 Å². The number of epoxide rings is 1. The van der Waals surface area contributed by atoms with Crippen LogP contribution >= 0.6 is 0 Å². The maximum absolute atomic E-state index is 5.66. The third-order valence-corrected chi connectivity index (χ3v) is 3.29. The summed E-state index contributed by atoms with van der Waals surface area (Å²) in [7, 11) is 0. The molecule has 0 aromatic carbocycles. The molecule has 0 unspecified atom stereocenters. The van der Waals surface area contributed by atoms with Crippen LogP contribution in [0.25, 0.3) is 0 Å². The smallest absolute Gasteiger partial charge is 0.0876 e. The summed E-state index contributed by atoms with van der Waals surface area (Å²) in [6, 6.07) is 0. The van der Waals surface area contributed by atoms with Crippen molar-refractivity contribution < 1.29 is 4.74 Å². The first kappa shape index (κ1) is 15.2. The van der Waals surface area contributed by atoms with Crippen LogP contribution in [0.1, 0.15) is 58.3 Å². The molecule has 102 valence electrons. The molecule has 1 aliphatic rings. The van der Waals surface area contributed by atoms with E-state index in [9.17, 15) is 0 Å². The quantitative estimate of drug-likeness (QED) is 0.278. The van der Waals surface area contributed by atoms with E-state index in [2.05, 4.69) is 37.8 Å². The maximum Gasteiger partial charge on any atom is 0.0876 e. The van der Waals surface area contributed by atoms with Crippen LogP contribution in [0.4, 0.5) is 0 Å². The second kappa shape index (κ2) is 10.1. The second-order valence-corrected chi connectivity index (χ2v) is 4.96. The average molecular weight is 248 g/mol. The molecular formula is C17H28O. The van der Waals surface area contributed by atoms with Gasteiger partial charge in [-0.25, -0.2) is 0 Å². The first-order chi connectivity index (χ1) is 8.88. The number of allylic oxidation sites excluding steroid dienone is 4. The molecule has 1 heterocycles. The first-order valence-corrected chi connectivity index (χ1v) is 7.44. The first-order valence-electron chi connectivity index (χ1n) is 7.44. The molecule has 1 fully saturated rings. The fraction of sp³-hybridized carbons (Fsp3) is 0.647. The normalized spacial score (nSPS) is 22.9. The van der Waals surface area contributed by atoms with E-state index in [1.54, 1.807) is 0 Å². The third kappa shape index (κ3) is 7.50. The van der Waals surface area contributed by atoms with Gasteiger partial charge >= 0.3 is 0 Å². The Labute approximate surface area is 113 Å². The minimum atomic E-state index is 0.510. The van der Waals surface area contributed by atoms with Gasteiger partial charge in [-0.1, -0.05) is 50.1 Å². The van der Waals surface area contributed by atoms with Gasteiger partial charge in [0.1, 0.15) is 0 Å². The van der Waals surface area contributed by atoms with Gasteiger partial charge in [-0.15, -0.1) is 6.58 Å². The van der Waals surface area contributed by atoms with Crippen molar-refractivity contribution in [1.82, 2.24) is 0 Å². The maximum atomic E-state index is 5.66. The van der Waals surface area contributed by atoms with E-state index in [1.165, 1.54) is 25.7 Å². The molecule has 18 heavy (non-hydrogen) atoms. The molecule has 0 radical (unpaired) electrons. The lowest BCUT2D eigenvalue weighted by Crippen LogP contribution is -1.92. The van der Waals surface area contributed by atoms with Crippen LogP contribution in [0, 0.1) is 0 Å². The molecule has 0 amide bonds. The molecular weight excluding hydrogens is 220 g/mol. The second-order valence-electron chi connectivity index (χ2n) is 4.96. The average Bonchev–Trinajstić information content (AvgIpc) is 3.12. The zero-order valence-corrected chi connectivity index (χ0v) is 11.8. The summed E-state index contributed by atoms with van der Waals surface area (Å²) >= 11 is 0. The third-order valence-electron chi connectivity index (χ3n) is 3.29. The van der Waals surface area contributed by atoms with E-state index in [0.717, 1.165) is 25.7 Å². The van der Waals surface area contributed by atoms with Gasteiger partial charge in [-0.3, -0.25) is 0 Å². The zero-order chi connectivity index (χ0) is 13.1. The van der Waals surface area contributed by atoms with E-state index < -0.39 is 0 Å². The summed E-state index contributed by atoms with van der Waals surface area (Å²) in [6.07, 6.45) is 21.6. The Balaban J connectivity index is 1.90. The lowest BCUT2D eigenvalue weighted by Gasteiger charge is -1.95. The van der Waals surface area contributed by atoms with Gasteiger partial charge in [0.2, 0.25) is 0 Å². The fourth-order valence-electron chi connectivity index (χ4n) is 2.12. The minimum Gasteiger partial charge on any atom is -0.369 e. The van der Waals surface area contributed by atoms with Crippen LogP contribution < -0.4 is 0 Å². The van der Waals surface area contributed by atoms with Crippen molar-refractivity contribution in [2.75, 3.05) is 0 Å². The summed E-state index contributed by atoms with van der Waals surface area (Å²) in [6.45, 7) is 5.91. The Morgan fingerprint density at radius 1 is 1.00 bits per heavy atom. The van der Waals surface area contributed by atoms with Gasteiger partial charge in [0.15, 0.2) is 0 Å². The number of hydrogen-bond acceptors (Lipinski definition) is 1. The molecule has 0 N–H and O–H groups in total. The molecule has 1 heteroatoms. The van der Waals surface area contributed by atoms with Crippen LogP contribution in [0.2, 0.25) is 0 Å². The van der Waals surface area contributed by atoms with Crippen molar-refractivity contribution in [3.8, 4) is 0 Å². The lowest BCUT2D eigenvalue weighted by atomic mass is 10.1. The molecule has 0 saturated carbocycles. The Hall–Kier alpha value is -0.820. The monoisotopic (exact) mass is 248 g/mol. The molecule has 0 aromatic heterocycles. The standard InChI is InChI=1S/C17H28O/c1-3-5-7-9-11-13-15-17-16(18-17)14-12-10-8-6-4-2/h4-5,7,11,13,16-17H,2-3,6,8-10,12,14-15H2,1H3/b7-5-,13-11-/t16-,17+/m1/s1. The molecule has 1 nitrogen and oxygen atoms in total. The molecule has 0 spiro atoms. The van der Waals surface area contributed by atoms with Gasteiger partial charge in [0, 0.05) is 0 Å². The molecule has 0 aliphatic carbocycles. The van der Waals surface area contributed by atoms with Crippen LogP contribution in [0.3, 0.4) is 0 Å². The van der Waals surface area contributed by atoms with Crippen LogP contribution in [0.5, 0.6) is 0 Å². The number of hydrogen-bond donors (Lipinski definition) is 0. The van der Waals surface area contributed by atoms with Crippen molar-refractivity contribution in [3.05, 3.63) is 37.0 Å². The van der Waals surface area contributed by atoms with Crippen molar-refractivity contribution in [2.45, 2.75) is 70.5 Å². The highest BCUT2D eigenvalue weighted by Gasteiger charge is 2.36. The highest BCUT2D eigenvalue weighted by atomic mass is 16.6. The van der Waals surface area contributed by atoms with Crippen LogP contribution in [-0.4, -0.2) is 12.2 Å². The predicted molar refractivity (Wildman–Crippen MR) is 79.7 cm³/mol. The minimum absolute atomic E-state index is 0.510. The predicted octanol–water partition coefficient (Wildman–Crippen LogP) is 5.19. The van der Waals surface area contributed by atoms with Crippen LogP contribution in [-0.2, 0) is 4.74 Å². The van der Waals surface area contributed by atoms with Gasteiger partial charge in [0.05, 0.1) is 12.2 Å². The summed E-state index contributed by atoms with van der Waals surface area (Å²) in [5.74, 6) is 0. The van der Waals surface area contributed by atoms with E-state index in [-0.39, 0.29) is 0 Å².